The number of nitrogens with zero attached hydrogens (tertiary/aromatic N) is 1. The minimum Gasteiger partial charge on any atom is -0.306 e. The van der Waals surface area contributed by atoms with E-state index >= 15 is 0 Å². The van der Waals surface area contributed by atoms with E-state index in [0.717, 1.165) is 12.2 Å². The van der Waals surface area contributed by atoms with Crippen LogP contribution < -0.4 is 5.32 Å². The highest BCUT2D eigenvalue weighted by Crippen LogP contribution is 2.00. The molecule has 0 amide bonds. The molecule has 0 aliphatic heterocycles. The van der Waals surface area contributed by atoms with E-state index < -0.39 is 0 Å². The van der Waals surface area contributed by atoms with Gasteiger partial charge in [0, 0.05) is 23.5 Å². The second-order valence-electron chi connectivity index (χ2n) is 2.10. The van der Waals surface area contributed by atoms with E-state index in [1.807, 2.05) is 10.9 Å². The van der Waals surface area contributed by atoms with Crippen LogP contribution in [0.15, 0.2) is 22.5 Å². The van der Waals surface area contributed by atoms with Crippen molar-refractivity contribution < 1.29 is 0 Å². The van der Waals surface area contributed by atoms with Crippen LogP contribution in [0.4, 0.5) is 0 Å². The molecule has 0 spiro atoms. The average Bonchev–Trinajstić information content (AvgIpc) is 2.39. The Hall–Kier alpha value is -0.380. The topological polar surface area (TPSA) is 24.9 Å². The molecule has 0 saturated heterocycles. The van der Waals surface area contributed by atoms with Crippen LogP contribution in [0.1, 0.15) is 5.69 Å². The summed E-state index contributed by atoms with van der Waals surface area (Å²) in [6, 6.07) is 0. The van der Waals surface area contributed by atoms with E-state index in [-0.39, 0.29) is 0 Å². The van der Waals surface area contributed by atoms with Gasteiger partial charge in [0.25, 0.3) is 0 Å². The van der Waals surface area contributed by atoms with Crippen molar-refractivity contribution in [3.8, 4) is 0 Å². The van der Waals surface area contributed by atoms with Crippen molar-refractivity contribution in [2.45, 2.75) is 6.54 Å². The molecule has 0 aliphatic rings. The van der Waals surface area contributed by atoms with Crippen molar-refractivity contribution >= 4 is 22.9 Å². The van der Waals surface area contributed by atoms with Gasteiger partial charge in [-0.2, -0.15) is 0 Å². The molecule has 60 valence electrons. The van der Waals surface area contributed by atoms with Crippen molar-refractivity contribution in [1.82, 2.24) is 10.3 Å². The third kappa shape index (κ3) is 3.51. The second kappa shape index (κ2) is 4.49. The summed E-state index contributed by atoms with van der Waals surface area (Å²) < 4.78 is 0. The Labute approximate surface area is 74.9 Å². The molecule has 0 aromatic carbocycles. The van der Waals surface area contributed by atoms with E-state index in [1.165, 1.54) is 0 Å². The summed E-state index contributed by atoms with van der Waals surface area (Å²) in [6.45, 7) is 4.96. The first-order valence-corrected chi connectivity index (χ1v) is 4.52. The van der Waals surface area contributed by atoms with Crippen molar-refractivity contribution in [3.05, 3.63) is 28.2 Å². The van der Waals surface area contributed by atoms with E-state index in [2.05, 4.69) is 16.9 Å². The average molecular weight is 189 g/mol. The largest absolute Gasteiger partial charge is 0.306 e. The maximum Gasteiger partial charge on any atom is 0.0795 e. The SMILES string of the molecule is C=C(Cl)CNCc1cscn1. The Morgan fingerprint density at radius 2 is 2.64 bits per heavy atom. The number of aromatic nitrogens is 1. The standard InChI is InChI=1S/C7H9ClN2S/c1-6(8)2-9-3-7-4-11-5-10-7/h4-5,9H,1-3H2. The van der Waals surface area contributed by atoms with Crippen LogP contribution in [-0.2, 0) is 6.54 Å². The molecule has 1 aromatic heterocycles. The van der Waals surface area contributed by atoms with E-state index in [9.17, 15) is 0 Å². The minimum atomic E-state index is 0.625. The number of hydrogen-bond acceptors (Lipinski definition) is 3. The molecule has 0 unspecified atom stereocenters. The van der Waals surface area contributed by atoms with Gasteiger partial charge in [-0.15, -0.1) is 11.3 Å². The fourth-order valence-electron chi connectivity index (χ4n) is 0.651. The fourth-order valence-corrected chi connectivity index (χ4v) is 1.30. The lowest BCUT2D eigenvalue weighted by Gasteiger charge is -1.98. The molecule has 0 fully saturated rings. The molecule has 0 saturated carbocycles. The first-order valence-electron chi connectivity index (χ1n) is 3.20. The predicted octanol–water partition coefficient (Wildman–Crippen LogP) is 1.99. The van der Waals surface area contributed by atoms with Crippen LogP contribution >= 0.6 is 22.9 Å². The molecule has 0 aliphatic carbocycles. The first-order chi connectivity index (χ1) is 5.29. The van der Waals surface area contributed by atoms with Crippen molar-refractivity contribution in [1.29, 1.82) is 0 Å². The Morgan fingerprint density at radius 1 is 1.82 bits per heavy atom. The lowest BCUT2D eigenvalue weighted by Crippen LogP contribution is -2.14. The summed E-state index contributed by atoms with van der Waals surface area (Å²) in [5.41, 5.74) is 2.86. The lowest BCUT2D eigenvalue weighted by molar-refractivity contribution is 0.740. The van der Waals surface area contributed by atoms with Crippen LogP contribution in [0.25, 0.3) is 0 Å². The summed E-state index contributed by atoms with van der Waals surface area (Å²) in [7, 11) is 0. The molecule has 1 rings (SSSR count). The third-order valence-electron chi connectivity index (χ3n) is 1.11. The molecule has 1 aromatic rings. The normalized spacial score (nSPS) is 9.91. The van der Waals surface area contributed by atoms with Crippen molar-refractivity contribution in [2.75, 3.05) is 6.54 Å². The first kappa shape index (κ1) is 8.71. The van der Waals surface area contributed by atoms with Gasteiger partial charge in [-0.3, -0.25) is 0 Å². The van der Waals surface area contributed by atoms with Crippen LogP contribution in [0.3, 0.4) is 0 Å². The Morgan fingerprint density at radius 3 is 3.18 bits per heavy atom. The molecule has 4 heteroatoms. The molecular weight excluding hydrogens is 180 g/mol. The summed E-state index contributed by atoms with van der Waals surface area (Å²) in [5.74, 6) is 0. The van der Waals surface area contributed by atoms with Gasteiger partial charge in [0.05, 0.1) is 11.2 Å². The van der Waals surface area contributed by atoms with Crippen molar-refractivity contribution in [3.63, 3.8) is 0 Å². The highest BCUT2D eigenvalue weighted by molar-refractivity contribution is 7.07. The molecule has 0 radical (unpaired) electrons. The smallest absolute Gasteiger partial charge is 0.0795 e. The highest BCUT2D eigenvalue weighted by Gasteiger charge is 1.93. The molecule has 0 bridgehead atoms. The van der Waals surface area contributed by atoms with Crippen LogP contribution in [-0.4, -0.2) is 11.5 Å². The van der Waals surface area contributed by atoms with Crippen molar-refractivity contribution in [2.24, 2.45) is 0 Å². The molecule has 1 N–H and O–H groups in total. The zero-order valence-electron chi connectivity index (χ0n) is 6.01. The molecule has 2 nitrogen and oxygen atoms in total. The molecule has 1 heterocycles. The van der Waals surface area contributed by atoms with Gasteiger partial charge in [-0.05, 0) is 0 Å². The lowest BCUT2D eigenvalue weighted by atomic mass is 10.5. The number of thiazole rings is 1. The summed E-state index contributed by atoms with van der Waals surface area (Å²) in [4.78, 5) is 4.10. The Balaban J connectivity index is 2.19. The molecular formula is C7H9ClN2S. The molecule has 0 atom stereocenters. The minimum absolute atomic E-state index is 0.625. The Kier molecular flexibility index (Phi) is 3.56. The van der Waals surface area contributed by atoms with Crippen LogP contribution in [0.2, 0.25) is 0 Å². The summed E-state index contributed by atoms with van der Waals surface area (Å²) in [6.07, 6.45) is 0. The number of rotatable bonds is 4. The monoisotopic (exact) mass is 188 g/mol. The second-order valence-corrected chi connectivity index (χ2v) is 3.35. The third-order valence-corrected chi connectivity index (χ3v) is 1.88. The predicted molar refractivity (Wildman–Crippen MR) is 48.8 cm³/mol. The fraction of sp³-hybridized carbons (Fsp3) is 0.286. The van der Waals surface area contributed by atoms with Gasteiger partial charge in [0.15, 0.2) is 0 Å². The maximum atomic E-state index is 5.54. The molecule has 11 heavy (non-hydrogen) atoms. The van der Waals surface area contributed by atoms with Gasteiger partial charge >= 0.3 is 0 Å². The summed E-state index contributed by atoms with van der Waals surface area (Å²) >= 11 is 7.14. The highest BCUT2D eigenvalue weighted by atomic mass is 35.5. The quantitative estimate of drug-likeness (QED) is 0.782. The van der Waals surface area contributed by atoms with E-state index in [1.54, 1.807) is 11.3 Å². The van der Waals surface area contributed by atoms with E-state index in [0.29, 0.717) is 11.6 Å². The van der Waals surface area contributed by atoms with E-state index in [4.69, 9.17) is 11.6 Å². The van der Waals surface area contributed by atoms with Crippen LogP contribution in [0, 0.1) is 0 Å². The van der Waals surface area contributed by atoms with Crippen LogP contribution in [0.5, 0.6) is 0 Å². The van der Waals surface area contributed by atoms with Gasteiger partial charge in [-0.1, -0.05) is 18.2 Å². The number of nitrogens with one attached hydrogen (secondary N) is 1. The zero-order valence-corrected chi connectivity index (χ0v) is 7.58. The van der Waals surface area contributed by atoms with Gasteiger partial charge < -0.3 is 5.32 Å². The zero-order chi connectivity index (χ0) is 8.10. The maximum absolute atomic E-state index is 5.54. The van der Waals surface area contributed by atoms with Gasteiger partial charge in [0.1, 0.15) is 0 Å². The van der Waals surface area contributed by atoms with Gasteiger partial charge in [-0.25, -0.2) is 4.98 Å². The Bertz CT molecular complexity index is 220. The number of halogens is 1. The number of hydrogen-bond donors (Lipinski definition) is 1. The van der Waals surface area contributed by atoms with Gasteiger partial charge in [0.2, 0.25) is 0 Å². The summed E-state index contributed by atoms with van der Waals surface area (Å²) in [5, 5.41) is 5.73.